The van der Waals surface area contributed by atoms with Gasteiger partial charge in [-0.15, -0.1) is 0 Å². The largest absolute Gasteiger partial charge is 0.481 e. The summed E-state index contributed by atoms with van der Waals surface area (Å²) in [7, 11) is 0. The summed E-state index contributed by atoms with van der Waals surface area (Å²) in [5.41, 5.74) is 70.1. The molecule has 32 N–H and O–H groups in total. The molecule has 0 saturated heterocycles. The molecule has 13 atom stereocenters. The van der Waals surface area contributed by atoms with Crippen molar-refractivity contribution in [2.45, 2.75) is 205 Å². The molecule has 93 heavy (non-hydrogen) atoms. The van der Waals surface area contributed by atoms with Crippen LogP contribution in [0.3, 0.4) is 0 Å². The zero-order valence-electron chi connectivity index (χ0n) is 53.4. The van der Waals surface area contributed by atoms with Crippen LogP contribution in [0.5, 0.6) is 5.75 Å². The predicted octanol–water partition coefficient (Wildman–Crippen LogP) is -5.13. The lowest BCUT2D eigenvalue weighted by atomic mass is 10.0. The molecule has 1 aromatic carbocycles. The third kappa shape index (κ3) is 50.0. The van der Waals surface area contributed by atoms with Gasteiger partial charge in [0.15, 0.2) is 0 Å². The van der Waals surface area contributed by atoms with Gasteiger partial charge in [-0.05, 0) is 109 Å². The number of esters is 7. The first-order chi connectivity index (χ1) is 42.7. The Bertz CT molecular complexity index is 2470. The van der Waals surface area contributed by atoms with Crippen LogP contribution in [0.15, 0.2) is 24.3 Å². The van der Waals surface area contributed by atoms with E-state index in [2.05, 4.69) is 9.47 Å². The van der Waals surface area contributed by atoms with Crippen LogP contribution in [0.2, 0.25) is 0 Å². The average molecular weight is 1340 g/mol. The molecule has 0 radical (unpaired) electrons. The maximum Gasteiger partial charge on any atom is 0.330 e. The van der Waals surface area contributed by atoms with Gasteiger partial charge in [0.2, 0.25) is 5.91 Å². The smallest absolute Gasteiger partial charge is 0.330 e. The minimum atomic E-state index is -1.37. The summed E-state index contributed by atoms with van der Waals surface area (Å²) in [6.45, 7) is 13.6. The summed E-state index contributed by atoms with van der Waals surface area (Å²) in [6, 6.07) is -4.44. The van der Waals surface area contributed by atoms with Gasteiger partial charge in [-0.1, -0.05) is 46.2 Å². The van der Waals surface area contributed by atoms with E-state index in [1.807, 2.05) is 13.8 Å². The number of amides is 1. The number of primary amides is 1. The van der Waals surface area contributed by atoms with Crippen LogP contribution < -0.4 is 79.3 Å². The molecule has 0 aliphatic heterocycles. The van der Waals surface area contributed by atoms with Crippen molar-refractivity contribution >= 4 is 83.5 Å². The molecule has 1 aromatic rings. The van der Waals surface area contributed by atoms with Crippen molar-refractivity contribution < 1.29 is 121 Å². The van der Waals surface area contributed by atoms with Crippen molar-refractivity contribution in [1.29, 1.82) is 0 Å². The summed E-state index contributed by atoms with van der Waals surface area (Å²) in [4.78, 5) is 152. The minimum Gasteiger partial charge on any atom is -0.481 e. The van der Waals surface area contributed by atoms with E-state index in [1.165, 1.54) is 27.7 Å². The molecule has 0 aliphatic carbocycles. The number of aliphatic carboxylic acids is 6. The SMILES string of the molecule is CC(C)C[C@H](N)C(=O)O[C@H](C)[C@H](N)C(=O)O[C@H](C)[C@H](N)C(=O)O.CC(C)[C@H](N)C(=O)O.C[C@H](N)C(=O)OC(=O)[C@@H](N)Cc1ccc(OC(=O)[C@H](C)N)cc1.NCCCC[C@H](N)C(=O)OC(=O)[C@@H](N)CCC(N)=O.N[C@@H](CCC(=O)O)C(=O)O.N[C@@H](CCC(=O)O)C(=O)O. The van der Waals surface area contributed by atoms with Gasteiger partial charge in [0, 0.05) is 19.3 Å². The van der Waals surface area contributed by atoms with Crippen molar-refractivity contribution in [3.8, 4) is 5.75 Å². The monoisotopic (exact) mass is 1340 g/mol. The predicted molar refractivity (Wildman–Crippen MR) is 328 cm³/mol. The second-order valence-corrected chi connectivity index (χ2v) is 21.2. The Hall–Kier alpha value is -8.28. The molecule has 0 bridgehead atoms. The highest BCUT2D eigenvalue weighted by molar-refractivity contribution is 5.91. The first-order valence-electron chi connectivity index (χ1n) is 28.6. The van der Waals surface area contributed by atoms with Gasteiger partial charge in [0.25, 0.3) is 0 Å². The Morgan fingerprint density at radius 3 is 1.15 bits per heavy atom. The van der Waals surface area contributed by atoms with Crippen LogP contribution in [-0.4, -0.2) is 199 Å². The van der Waals surface area contributed by atoms with E-state index >= 15 is 0 Å². The van der Waals surface area contributed by atoms with Crippen LogP contribution in [0, 0.1) is 11.8 Å². The number of carboxylic acids is 6. The lowest BCUT2D eigenvalue weighted by Crippen LogP contribution is -2.49. The van der Waals surface area contributed by atoms with Gasteiger partial charge in [-0.3, -0.25) is 43.2 Å². The van der Waals surface area contributed by atoms with Crippen molar-refractivity contribution in [3.05, 3.63) is 29.8 Å². The van der Waals surface area contributed by atoms with E-state index in [0.717, 1.165) is 6.42 Å². The molecule has 534 valence electrons. The molecule has 0 heterocycles. The molecule has 1 amide bonds. The summed E-state index contributed by atoms with van der Waals surface area (Å²) >= 11 is 0. The summed E-state index contributed by atoms with van der Waals surface area (Å²) in [5, 5.41) is 49.5. The van der Waals surface area contributed by atoms with Gasteiger partial charge in [-0.25, -0.2) is 24.0 Å². The number of rotatable bonds is 34. The van der Waals surface area contributed by atoms with Crippen LogP contribution >= 0.6 is 0 Å². The van der Waals surface area contributed by atoms with Gasteiger partial charge >= 0.3 is 77.6 Å². The number of carbonyl (C=O) groups is 14. The van der Waals surface area contributed by atoms with Gasteiger partial charge in [0.05, 0.1) is 0 Å². The quantitative estimate of drug-likeness (QED) is 0.0101. The Morgan fingerprint density at radius 1 is 0.409 bits per heavy atom. The number of unbranched alkanes of at least 4 members (excludes halogenated alkanes) is 1. The minimum absolute atomic E-state index is 0.0208. The molecule has 0 spiro atoms. The standard InChI is InChI=1S/C15H21N3O5.C14H27N3O6.C11H22N4O4.2C5H9NO4.C5H11NO2/c1-8(16)13(19)22-11-5-3-10(4-6-11)7-12(18)15(21)23-14(20)9(2)17;1-6(2)5-9(15)13(20)22-8(4)11(17)14(21)23-7(3)10(16)12(18)19;12-6-2-1-3-7(13)10(17)19-11(18)8(14)4-5-9(15)16;2*6-3(5(9)10)1-2-4(7)8;1-3(2)4(6)5(7)8/h3-6,8-9,12H,7,16-18H2,1-2H3;6-11H,5,15-17H2,1-4H3,(H,18,19);7-8H,1-6,12-14H2,(H2,15,16);2*3H,1-2,6H2,(H,7,8)(H,9,10);3-4H,6H2,1-2H3,(H,7,8)/t8-,9-,12-;7-,8-,9+,10+,11+;7-,8-;2*3-;4-/m010000/s1. The summed E-state index contributed by atoms with van der Waals surface area (Å²) in [6.07, 6.45) is -0.101. The van der Waals surface area contributed by atoms with Crippen LogP contribution in [0.25, 0.3) is 0 Å². The molecule has 1 rings (SSSR count). The van der Waals surface area contributed by atoms with Crippen LogP contribution in [-0.2, 0) is 92.5 Å². The van der Waals surface area contributed by atoms with Gasteiger partial charge in [-0.2, -0.15) is 0 Å². The molecule has 0 aliphatic rings. The number of ether oxygens (including phenoxy) is 5. The van der Waals surface area contributed by atoms with E-state index in [1.54, 1.807) is 38.1 Å². The highest BCUT2D eigenvalue weighted by Crippen LogP contribution is 2.15. The van der Waals surface area contributed by atoms with Crippen LogP contribution in [0.4, 0.5) is 0 Å². The van der Waals surface area contributed by atoms with Crippen molar-refractivity contribution in [2.24, 2.45) is 86.4 Å². The Kier molecular flexibility index (Phi) is 51.5. The molecule has 0 aromatic heterocycles. The average Bonchev–Trinajstić information content (AvgIpc) is 3.63. The van der Waals surface area contributed by atoms with Gasteiger partial charge in [0.1, 0.15) is 84.4 Å². The highest BCUT2D eigenvalue weighted by atomic mass is 16.6. The number of hydrogen-bond acceptors (Lipinski definition) is 31. The number of carbonyl (C=O) groups excluding carboxylic acids is 8. The van der Waals surface area contributed by atoms with E-state index < -0.39 is 162 Å². The van der Waals surface area contributed by atoms with E-state index in [0.29, 0.717) is 37.1 Å². The molecule has 0 fully saturated rings. The third-order valence-electron chi connectivity index (χ3n) is 11.5. The van der Waals surface area contributed by atoms with E-state index in [-0.39, 0.29) is 56.8 Å². The number of carboxylic acid groups (broad SMARTS) is 6. The lowest BCUT2D eigenvalue weighted by Gasteiger charge is -2.24. The second kappa shape index (κ2) is 51.3. The maximum atomic E-state index is 11.8. The zero-order chi connectivity index (χ0) is 73.7. The Labute approximate surface area is 536 Å². The van der Waals surface area contributed by atoms with E-state index in [4.69, 9.17) is 119 Å². The molecular formula is C55H99N13O25. The third-order valence-corrected chi connectivity index (χ3v) is 11.5. The molecule has 38 heteroatoms. The fourth-order valence-electron chi connectivity index (χ4n) is 5.57. The number of hydrogen-bond donors (Lipinski definition) is 19. The first kappa shape index (κ1) is 93.4. The van der Waals surface area contributed by atoms with Crippen molar-refractivity contribution in [2.75, 3.05) is 6.54 Å². The first-order valence-corrected chi connectivity index (χ1v) is 28.6. The lowest BCUT2D eigenvalue weighted by molar-refractivity contribution is -0.163. The Balaban J connectivity index is -0.000000348. The molecule has 38 nitrogen and oxygen atoms in total. The van der Waals surface area contributed by atoms with Crippen LogP contribution in [0.1, 0.15) is 125 Å². The van der Waals surface area contributed by atoms with Gasteiger partial charge < -0.3 is 129 Å². The number of nitrogens with two attached hydrogens (primary N) is 13. The highest BCUT2D eigenvalue weighted by Gasteiger charge is 2.32. The second-order valence-electron chi connectivity index (χ2n) is 21.2. The number of benzene rings is 1. The molecule has 0 saturated carbocycles. The maximum absolute atomic E-state index is 11.8. The summed E-state index contributed by atoms with van der Waals surface area (Å²) < 4.78 is 24.0. The topological polar surface area (TPSA) is 745 Å². The Morgan fingerprint density at radius 2 is 0.796 bits per heavy atom. The van der Waals surface area contributed by atoms with Crippen molar-refractivity contribution in [1.82, 2.24) is 0 Å². The normalized spacial score (nSPS) is 14.6. The fourth-order valence-corrected chi connectivity index (χ4v) is 5.57. The fraction of sp³-hybridized carbons (Fsp3) is 0.636. The molecular weight excluding hydrogens is 1240 g/mol. The molecule has 0 unspecified atom stereocenters. The van der Waals surface area contributed by atoms with E-state index in [9.17, 15) is 67.1 Å². The van der Waals surface area contributed by atoms with Crippen molar-refractivity contribution in [3.63, 3.8) is 0 Å². The zero-order valence-corrected chi connectivity index (χ0v) is 53.4. The summed E-state index contributed by atoms with van der Waals surface area (Å²) in [5.74, 6) is -12.2.